The number of hydrogen-bond donors (Lipinski definition) is 2. The standard InChI is InChI=1S/C14H17N3OS/c1-17(2)12-5-3-11(4-6-12)16-8-13-7-10(9-19-13)14(15)18/h3-7,9,16H,8H2,1-2H3,(H2,15,18). The van der Waals surface area contributed by atoms with Gasteiger partial charge >= 0.3 is 0 Å². The fourth-order valence-electron chi connectivity index (χ4n) is 1.67. The van der Waals surface area contributed by atoms with Crippen LogP contribution in [-0.4, -0.2) is 20.0 Å². The summed E-state index contributed by atoms with van der Waals surface area (Å²) in [4.78, 5) is 14.1. The van der Waals surface area contributed by atoms with Crippen LogP contribution in [0, 0.1) is 0 Å². The molecule has 1 aromatic carbocycles. The predicted octanol–water partition coefficient (Wildman–Crippen LogP) is 2.53. The Bertz CT molecular complexity index is 560. The molecule has 0 bridgehead atoms. The molecule has 3 N–H and O–H groups in total. The van der Waals surface area contributed by atoms with Crippen LogP contribution in [0.5, 0.6) is 0 Å². The summed E-state index contributed by atoms with van der Waals surface area (Å²) in [5, 5.41) is 5.11. The van der Waals surface area contributed by atoms with Gasteiger partial charge in [-0.3, -0.25) is 4.79 Å². The SMILES string of the molecule is CN(C)c1ccc(NCc2cc(C(N)=O)cs2)cc1. The third-order valence-electron chi connectivity index (χ3n) is 2.79. The minimum Gasteiger partial charge on any atom is -0.380 e. The van der Waals surface area contributed by atoms with Crippen LogP contribution < -0.4 is 16.0 Å². The normalized spacial score (nSPS) is 10.2. The van der Waals surface area contributed by atoms with Gasteiger partial charge in [0.25, 0.3) is 0 Å². The van der Waals surface area contributed by atoms with Gasteiger partial charge in [0.2, 0.25) is 5.91 Å². The second kappa shape index (κ2) is 5.75. The van der Waals surface area contributed by atoms with Crippen molar-refractivity contribution in [2.24, 2.45) is 5.73 Å². The van der Waals surface area contributed by atoms with E-state index >= 15 is 0 Å². The zero-order chi connectivity index (χ0) is 13.8. The molecular weight excluding hydrogens is 258 g/mol. The first-order valence-electron chi connectivity index (χ1n) is 5.95. The van der Waals surface area contributed by atoms with Gasteiger partial charge in [0, 0.05) is 42.3 Å². The molecule has 2 rings (SSSR count). The van der Waals surface area contributed by atoms with E-state index in [1.165, 1.54) is 11.3 Å². The lowest BCUT2D eigenvalue weighted by Crippen LogP contribution is -2.09. The van der Waals surface area contributed by atoms with Crippen molar-refractivity contribution in [3.05, 3.63) is 46.2 Å². The molecule has 0 atom stereocenters. The van der Waals surface area contributed by atoms with Crippen molar-refractivity contribution in [1.82, 2.24) is 0 Å². The Morgan fingerprint density at radius 1 is 1.32 bits per heavy atom. The fraction of sp³-hybridized carbons (Fsp3) is 0.214. The maximum absolute atomic E-state index is 11.0. The lowest BCUT2D eigenvalue weighted by Gasteiger charge is -2.13. The fourth-order valence-corrected chi connectivity index (χ4v) is 2.48. The Labute approximate surface area is 116 Å². The maximum atomic E-state index is 11.0. The molecule has 1 aromatic heterocycles. The number of primary amides is 1. The van der Waals surface area contributed by atoms with Crippen molar-refractivity contribution in [2.45, 2.75) is 6.54 Å². The van der Waals surface area contributed by atoms with E-state index in [0.717, 1.165) is 16.3 Å². The van der Waals surface area contributed by atoms with Gasteiger partial charge in [-0.05, 0) is 30.3 Å². The van der Waals surface area contributed by atoms with E-state index in [2.05, 4.69) is 22.3 Å². The average molecular weight is 275 g/mol. The lowest BCUT2D eigenvalue weighted by atomic mass is 10.2. The van der Waals surface area contributed by atoms with Crippen molar-refractivity contribution in [3.63, 3.8) is 0 Å². The Kier molecular flexibility index (Phi) is 4.06. The molecule has 0 aliphatic carbocycles. The molecule has 100 valence electrons. The smallest absolute Gasteiger partial charge is 0.249 e. The molecular formula is C14H17N3OS. The summed E-state index contributed by atoms with van der Waals surface area (Å²) >= 11 is 1.53. The van der Waals surface area contributed by atoms with Crippen molar-refractivity contribution >= 4 is 28.6 Å². The molecule has 1 amide bonds. The average Bonchev–Trinajstić information content (AvgIpc) is 2.86. The topological polar surface area (TPSA) is 58.4 Å². The van der Waals surface area contributed by atoms with Gasteiger partial charge in [0.05, 0.1) is 5.56 Å². The number of nitrogens with one attached hydrogen (secondary N) is 1. The zero-order valence-corrected chi connectivity index (χ0v) is 11.8. The van der Waals surface area contributed by atoms with Crippen LogP contribution in [0.15, 0.2) is 35.7 Å². The molecule has 0 fully saturated rings. The van der Waals surface area contributed by atoms with Crippen molar-refractivity contribution in [1.29, 1.82) is 0 Å². The van der Waals surface area contributed by atoms with Crippen molar-refractivity contribution in [3.8, 4) is 0 Å². The predicted molar refractivity (Wildman–Crippen MR) is 80.9 cm³/mol. The van der Waals surface area contributed by atoms with E-state index < -0.39 is 0 Å². The number of hydrogen-bond acceptors (Lipinski definition) is 4. The van der Waals surface area contributed by atoms with Gasteiger partial charge in [-0.15, -0.1) is 11.3 Å². The molecule has 5 heteroatoms. The highest BCUT2D eigenvalue weighted by Crippen LogP contribution is 2.19. The first kappa shape index (κ1) is 13.4. The molecule has 19 heavy (non-hydrogen) atoms. The Morgan fingerprint density at radius 2 is 2.00 bits per heavy atom. The largest absolute Gasteiger partial charge is 0.380 e. The second-order valence-corrected chi connectivity index (χ2v) is 5.46. The number of nitrogens with two attached hydrogens (primary N) is 1. The van der Waals surface area contributed by atoms with Gasteiger partial charge in [-0.2, -0.15) is 0 Å². The first-order chi connectivity index (χ1) is 9.06. The van der Waals surface area contributed by atoms with Crippen LogP contribution in [0.3, 0.4) is 0 Å². The van der Waals surface area contributed by atoms with Crippen LogP contribution in [0.1, 0.15) is 15.2 Å². The first-order valence-corrected chi connectivity index (χ1v) is 6.82. The Balaban J connectivity index is 1.96. The van der Waals surface area contributed by atoms with E-state index in [1.54, 1.807) is 5.38 Å². The summed E-state index contributed by atoms with van der Waals surface area (Å²) in [7, 11) is 4.03. The quantitative estimate of drug-likeness (QED) is 0.881. The van der Waals surface area contributed by atoms with Crippen molar-refractivity contribution in [2.75, 3.05) is 24.3 Å². The van der Waals surface area contributed by atoms with Gasteiger partial charge in [0.1, 0.15) is 0 Å². The molecule has 0 saturated heterocycles. The molecule has 0 aliphatic heterocycles. The lowest BCUT2D eigenvalue weighted by molar-refractivity contribution is 0.100. The minimum absolute atomic E-state index is 0.377. The Morgan fingerprint density at radius 3 is 2.53 bits per heavy atom. The molecule has 0 unspecified atom stereocenters. The number of nitrogens with zero attached hydrogens (tertiary/aromatic N) is 1. The summed E-state index contributed by atoms with van der Waals surface area (Å²) in [6, 6.07) is 10.0. The maximum Gasteiger partial charge on any atom is 0.249 e. The number of rotatable bonds is 5. The molecule has 0 saturated carbocycles. The third kappa shape index (κ3) is 3.48. The highest BCUT2D eigenvalue weighted by Gasteiger charge is 2.04. The number of carbonyl (C=O) groups excluding carboxylic acids is 1. The Hall–Kier alpha value is -2.01. The van der Waals surface area contributed by atoms with E-state index in [0.29, 0.717) is 12.1 Å². The van der Waals surface area contributed by atoms with Gasteiger partial charge < -0.3 is 16.0 Å². The van der Waals surface area contributed by atoms with E-state index in [-0.39, 0.29) is 5.91 Å². The molecule has 4 nitrogen and oxygen atoms in total. The van der Waals surface area contributed by atoms with Gasteiger partial charge in [-0.25, -0.2) is 0 Å². The summed E-state index contributed by atoms with van der Waals surface area (Å²) in [5.41, 5.74) is 8.02. The summed E-state index contributed by atoms with van der Waals surface area (Å²) in [6.45, 7) is 0.694. The van der Waals surface area contributed by atoms with E-state index in [1.807, 2.05) is 32.3 Å². The third-order valence-corrected chi connectivity index (χ3v) is 3.73. The molecule has 0 radical (unpaired) electrons. The minimum atomic E-state index is -0.377. The van der Waals surface area contributed by atoms with Crippen LogP contribution in [0.25, 0.3) is 0 Å². The highest BCUT2D eigenvalue weighted by atomic mass is 32.1. The number of benzene rings is 1. The van der Waals surface area contributed by atoms with Crippen LogP contribution in [0.4, 0.5) is 11.4 Å². The van der Waals surface area contributed by atoms with Crippen LogP contribution in [-0.2, 0) is 6.54 Å². The highest BCUT2D eigenvalue weighted by molar-refractivity contribution is 7.10. The zero-order valence-electron chi connectivity index (χ0n) is 11.0. The van der Waals surface area contributed by atoms with Crippen LogP contribution in [0.2, 0.25) is 0 Å². The van der Waals surface area contributed by atoms with E-state index in [4.69, 9.17) is 5.73 Å². The molecule has 0 spiro atoms. The van der Waals surface area contributed by atoms with Gasteiger partial charge in [0.15, 0.2) is 0 Å². The van der Waals surface area contributed by atoms with Crippen LogP contribution >= 0.6 is 11.3 Å². The molecule has 1 heterocycles. The number of thiophene rings is 1. The summed E-state index contributed by atoms with van der Waals surface area (Å²) < 4.78 is 0. The molecule has 0 aliphatic rings. The summed E-state index contributed by atoms with van der Waals surface area (Å²) in [6.07, 6.45) is 0. The monoisotopic (exact) mass is 275 g/mol. The second-order valence-electron chi connectivity index (χ2n) is 4.46. The van der Waals surface area contributed by atoms with E-state index in [9.17, 15) is 4.79 Å². The van der Waals surface area contributed by atoms with Gasteiger partial charge in [-0.1, -0.05) is 0 Å². The number of carbonyl (C=O) groups is 1. The number of amides is 1. The van der Waals surface area contributed by atoms with Crippen molar-refractivity contribution < 1.29 is 4.79 Å². The molecule has 2 aromatic rings. The summed E-state index contributed by atoms with van der Waals surface area (Å²) in [5.74, 6) is -0.377. The number of anilines is 2.